The molecule has 1 atom stereocenters. The Kier molecular flexibility index (Phi) is 2.79. The molecule has 0 amide bonds. The number of aryl methyl sites for hydroxylation is 2. The molecule has 5 nitrogen and oxygen atoms in total. The molecule has 0 aliphatic carbocycles. The van der Waals surface area contributed by atoms with Crippen molar-refractivity contribution in [2.45, 2.75) is 19.4 Å². The molecule has 0 saturated carbocycles. The van der Waals surface area contributed by atoms with Gasteiger partial charge in [0.2, 0.25) is 0 Å². The van der Waals surface area contributed by atoms with Crippen LogP contribution in [-0.2, 0) is 13.5 Å². The highest BCUT2D eigenvalue weighted by molar-refractivity contribution is 7.11. The van der Waals surface area contributed by atoms with Crippen LogP contribution in [0.25, 0.3) is 0 Å². The second-order valence-corrected chi connectivity index (χ2v) is 4.74. The first-order valence-corrected chi connectivity index (χ1v) is 5.50. The molecule has 0 spiro atoms. The molecule has 0 aliphatic rings. The minimum absolute atomic E-state index is 0.0344. The van der Waals surface area contributed by atoms with E-state index in [1.807, 2.05) is 26.4 Å². The van der Waals surface area contributed by atoms with Gasteiger partial charge in [0.25, 0.3) is 0 Å². The molecule has 0 fully saturated rings. The lowest BCUT2D eigenvalue weighted by Crippen LogP contribution is -2.12. The standard InChI is InChI=1S/C9H13N5S/c1-6-11-4-9(15-6)8(10)3-7-5-14(2)13-12-7/h4-5,8H,3,10H2,1-2H3. The van der Waals surface area contributed by atoms with E-state index in [0.29, 0.717) is 6.42 Å². The molecule has 2 aromatic heterocycles. The predicted octanol–water partition coefficient (Wildman–Crippen LogP) is 0.823. The normalized spacial score (nSPS) is 13.0. The van der Waals surface area contributed by atoms with E-state index in [1.165, 1.54) is 0 Å². The SMILES string of the molecule is Cc1ncc(C(N)Cc2cn(C)nn2)s1. The number of nitrogens with two attached hydrogens (primary N) is 1. The van der Waals surface area contributed by atoms with Crippen LogP contribution in [0.2, 0.25) is 0 Å². The van der Waals surface area contributed by atoms with E-state index in [1.54, 1.807) is 16.0 Å². The zero-order valence-corrected chi connectivity index (χ0v) is 9.53. The van der Waals surface area contributed by atoms with Gasteiger partial charge in [-0.05, 0) is 6.92 Å². The number of hydrogen-bond acceptors (Lipinski definition) is 5. The summed E-state index contributed by atoms with van der Waals surface area (Å²) in [5, 5.41) is 8.91. The predicted molar refractivity (Wildman–Crippen MR) is 58.5 cm³/mol. The van der Waals surface area contributed by atoms with Gasteiger partial charge in [0, 0.05) is 36.8 Å². The molecule has 2 N–H and O–H groups in total. The fraction of sp³-hybridized carbons (Fsp3) is 0.444. The van der Waals surface area contributed by atoms with Crippen molar-refractivity contribution in [1.82, 2.24) is 20.0 Å². The molecule has 1 unspecified atom stereocenters. The van der Waals surface area contributed by atoms with Crippen molar-refractivity contribution in [3.63, 3.8) is 0 Å². The fourth-order valence-corrected chi connectivity index (χ4v) is 2.15. The molecule has 0 aliphatic heterocycles. The topological polar surface area (TPSA) is 69.6 Å². The van der Waals surface area contributed by atoms with Gasteiger partial charge in [-0.3, -0.25) is 4.68 Å². The summed E-state index contributed by atoms with van der Waals surface area (Å²) in [5.74, 6) is 0. The Balaban J connectivity index is 2.06. The second kappa shape index (κ2) is 4.08. The van der Waals surface area contributed by atoms with Crippen LogP contribution in [0.5, 0.6) is 0 Å². The van der Waals surface area contributed by atoms with Crippen LogP contribution in [0, 0.1) is 6.92 Å². The quantitative estimate of drug-likeness (QED) is 0.836. The van der Waals surface area contributed by atoms with Gasteiger partial charge in [0.1, 0.15) is 0 Å². The fourth-order valence-electron chi connectivity index (χ4n) is 1.36. The van der Waals surface area contributed by atoms with Crippen molar-refractivity contribution < 1.29 is 0 Å². The molecular weight excluding hydrogens is 210 g/mol. The van der Waals surface area contributed by atoms with E-state index < -0.39 is 0 Å². The van der Waals surface area contributed by atoms with Crippen molar-refractivity contribution in [2.24, 2.45) is 12.8 Å². The van der Waals surface area contributed by atoms with Gasteiger partial charge in [-0.15, -0.1) is 16.4 Å². The van der Waals surface area contributed by atoms with Gasteiger partial charge in [-0.1, -0.05) is 5.21 Å². The molecule has 2 rings (SSSR count). The summed E-state index contributed by atoms with van der Waals surface area (Å²) in [6.45, 7) is 1.98. The molecule has 2 aromatic rings. The zero-order valence-electron chi connectivity index (χ0n) is 8.71. The summed E-state index contributed by atoms with van der Waals surface area (Å²) in [7, 11) is 1.85. The highest BCUT2D eigenvalue weighted by atomic mass is 32.1. The lowest BCUT2D eigenvalue weighted by atomic mass is 10.1. The minimum atomic E-state index is -0.0344. The van der Waals surface area contributed by atoms with Crippen LogP contribution >= 0.6 is 11.3 Å². The summed E-state index contributed by atoms with van der Waals surface area (Å²) in [6, 6.07) is -0.0344. The maximum absolute atomic E-state index is 6.04. The first-order valence-electron chi connectivity index (χ1n) is 4.68. The Labute approximate surface area is 91.9 Å². The van der Waals surface area contributed by atoms with Crippen LogP contribution < -0.4 is 5.73 Å². The van der Waals surface area contributed by atoms with Gasteiger partial charge in [-0.2, -0.15) is 0 Å². The second-order valence-electron chi connectivity index (χ2n) is 3.48. The molecule has 2 heterocycles. The third kappa shape index (κ3) is 2.40. The molecule has 0 aromatic carbocycles. The minimum Gasteiger partial charge on any atom is -0.323 e. The maximum Gasteiger partial charge on any atom is 0.0897 e. The molecule has 0 bridgehead atoms. The number of thiazole rings is 1. The molecule has 80 valence electrons. The lowest BCUT2D eigenvalue weighted by molar-refractivity contribution is 0.699. The lowest BCUT2D eigenvalue weighted by Gasteiger charge is -2.05. The summed E-state index contributed by atoms with van der Waals surface area (Å²) in [6.07, 6.45) is 4.42. The summed E-state index contributed by atoms with van der Waals surface area (Å²) in [5.41, 5.74) is 6.96. The van der Waals surface area contributed by atoms with Crippen LogP contribution in [0.4, 0.5) is 0 Å². The molecule has 6 heteroatoms. The first kappa shape index (κ1) is 10.3. The highest BCUT2D eigenvalue weighted by Crippen LogP contribution is 2.20. The smallest absolute Gasteiger partial charge is 0.0897 e. The summed E-state index contributed by atoms with van der Waals surface area (Å²) in [4.78, 5) is 5.28. The van der Waals surface area contributed by atoms with Gasteiger partial charge in [0.05, 0.1) is 10.7 Å². The average molecular weight is 223 g/mol. The van der Waals surface area contributed by atoms with E-state index in [4.69, 9.17) is 5.73 Å². The first-order chi connectivity index (χ1) is 7.15. The van der Waals surface area contributed by atoms with Crippen molar-refractivity contribution in [3.8, 4) is 0 Å². The Morgan fingerprint density at radius 1 is 1.60 bits per heavy atom. The highest BCUT2D eigenvalue weighted by Gasteiger charge is 2.11. The van der Waals surface area contributed by atoms with Crippen molar-refractivity contribution in [3.05, 3.63) is 28.0 Å². The van der Waals surface area contributed by atoms with E-state index in [-0.39, 0.29) is 6.04 Å². The van der Waals surface area contributed by atoms with Gasteiger partial charge in [0.15, 0.2) is 0 Å². The van der Waals surface area contributed by atoms with Crippen LogP contribution in [0.3, 0.4) is 0 Å². The number of aromatic nitrogens is 4. The molecule has 0 radical (unpaired) electrons. The zero-order chi connectivity index (χ0) is 10.8. The van der Waals surface area contributed by atoms with Gasteiger partial charge >= 0.3 is 0 Å². The Hall–Kier alpha value is -1.27. The Bertz CT molecular complexity index is 447. The summed E-state index contributed by atoms with van der Waals surface area (Å²) >= 11 is 1.63. The largest absolute Gasteiger partial charge is 0.323 e. The third-order valence-electron chi connectivity index (χ3n) is 2.08. The number of rotatable bonds is 3. The van der Waals surface area contributed by atoms with Crippen molar-refractivity contribution in [2.75, 3.05) is 0 Å². The summed E-state index contributed by atoms with van der Waals surface area (Å²) < 4.78 is 1.68. The monoisotopic (exact) mass is 223 g/mol. The Morgan fingerprint density at radius 3 is 2.93 bits per heavy atom. The van der Waals surface area contributed by atoms with Crippen LogP contribution in [0.1, 0.15) is 21.6 Å². The maximum atomic E-state index is 6.04. The van der Waals surface area contributed by atoms with E-state index in [9.17, 15) is 0 Å². The molecular formula is C9H13N5S. The molecule has 0 saturated heterocycles. The van der Waals surface area contributed by atoms with Gasteiger partial charge in [-0.25, -0.2) is 4.98 Å². The average Bonchev–Trinajstić information content (AvgIpc) is 2.75. The van der Waals surface area contributed by atoms with E-state index in [0.717, 1.165) is 15.6 Å². The van der Waals surface area contributed by atoms with Crippen LogP contribution in [-0.4, -0.2) is 20.0 Å². The third-order valence-corrected chi connectivity index (χ3v) is 3.13. The van der Waals surface area contributed by atoms with E-state index in [2.05, 4.69) is 15.3 Å². The number of hydrogen-bond donors (Lipinski definition) is 1. The van der Waals surface area contributed by atoms with E-state index >= 15 is 0 Å². The van der Waals surface area contributed by atoms with Gasteiger partial charge < -0.3 is 5.73 Å². The molecule has 15 heavy (non-hydrogen) atoms. The van der Waals surface area contributed by atoms with Crippen molar-refractivity contribution >= 4 is 11.3 Å². The Morgan fingerprint density at radius 2 is 2.40 bits per heavy atom. The number of nitrogens with zero attached hydrogens (tertiary/aromatic N) is 4. The van der Waals surface area contributed by atoms with Crippen molar-refractivity contribution in [1.29, 1.82) is 0 Å². The van der Waals surface area contributed by atoms with Crippen LogP contribution in [0.15, 0.2) is 12.4 Å².